The standard InChI is InChI=1S/C16H25N3/c1-2-14-4-6-15(7-5-14)19-12-16(13-19)18-10-3-8-17-9-11-18/h4-7,16-17H,2-3,8-13H2,1H3. The molecule has 0 atom stereocenters. The lowest BCUT2D eigenvalue weighted by Crippen LogP contribution is -2.60. The van der Waals surface area contributed by atoms with Crippen LogP contribution in [0.4, 0.5) is 5.69 Å². The van der Waals surface area contributed by atoms with Crippen molar-refractivity contribution in [2.75, 3.05) is 44.2 Å². The van der Waals surface area contributed by atoms with Crippen LogP contribution in [0.1, 0.15) is 18.9 Å². The van der Waals surface area contributed by atoms with Crippen LogP contribution in [0.25, 0.3) is 0 Å². The van der Waals surface area contributed by atoms with Crippen molar-refractivity contribution in [3.05, 3.63) is 29.8 Å². The predicted octanol–water partition coefficient (Wildman–Crippen LogP) is 1.73. The quantitative estimate of drug-likeness (QED) is 0.892. The molecule has 0 unspecified atom stereocenters. The molecule has 0 aliphatic carbocycles. The number of aryl methyl sites for hydroxylation is 1. The van der Waals surface area contributed by atoms with Gasteiger partial charge in [0.05, 0.1) is 0 Å². The van der Waals surface area contributed by atoms with Crippen LogP contribution in [0.2, 0.25) is 0 Å². The summed E-state index contributed by atoms with van der Waals surface area (Å²) in [6.45, 7) is 9.43. The Morgan fingerprint density at radius 3 is 2.63 bits per heavy atom. The van der Waals surface area contributed by atoms with Gasteiger partial charge in [0.15, 0.2) is 0 Å². The molecule has 2 saturated heterocycles. The first kappa shape index (κ1) is 12.9. The van der Waals surface area contributed by atoms with Gasteiger partial charge >= 0.3 is 0 Å². The van der Waals surface area contributed by atoms with Crippen LogP contribution in [-0.4, -0.2) is 50.2 Å². The molecule has 0 aromatic heterocycles. The Bertz CT molecular complexity index is 387. The second-order valence-electron chi connectivity index (χ2n) is 5.72. The maximum atomic E-state index is 3.48. The summed E-state index contributed by atoms with van der Waals surface area (Å²) in [6.07, 6.45) is 2.42. The van der Waals surface area contributed by atoms with Crippen molar-refractivity contribution in [2.45, 2.75) is 25.8 Å². The van der Waals surface area contributed by atoms with Gasteiger partial charge in [-0.1, -0.05) is 19.1 Å². The van der Waals surface area contributed by atoms with Crippen molar-refractivity contribution in [2.24, 2.45) is 0 Å². The molecule has 2 aliphatic rings. The minimum atomic E-state index is 0.769. The summed E-state index contributed by atoms with van der Waals surface area (Å²) in [5, 5.41) is 3.48. The zero-order valence-electron chi connectivity index (χ0n) is 11.9. The zero-order valence-corrected chi connectivity index (χ0v) is 11.9. The van der Waals surface area contributed by atoms with Gasteiger partial charge in [-0.2, -0.15) is 0 Å². The number of rotatable bonds is 3. The summed E-state index contributed by atoms with van der Waals surface area (Å²) >= 11 is 0. The Labute approximate surface area is 116 Å². The molecule has 0 spiro atoms. The molecule has 19 heavy (non-hydrogen) atoms. The third kappa shape index (κ3) is 2.93. The van der Waals surface area contributed by atoms with E-state index in [1.807, 2.05) is 0 Å². The minimum absolute atomic E-state index is 0.769. The van der Waals surface area contributed by atoms with E-state index in [9.17, 15) is 0 Å². The fourth-order valence-electron chi connectivity index (χ4n) is 3.07. The zero-order chi connectivity index (χ0) is 13.1. The molecule has 1 aromatic carbocycles. The van der Waals surface area contributed by atoms with E-state index in [2.05, 4.69) is 46.3 Å². The Kier molecular flexibility index (Phi) is 4.04. The summed E-state index contributed by atoms with van der Waals surface area (Å²) in [4.78, 5) is 5.17. The molecule has 3 nitrogen and oxygen atoms in total. The third-order valence-electron chi connectivity index (χ3n) is 4.46. The highest BCUT2D eigenvalue weighted by atomic mass is 15.3. The molecule has 2 heterocycles. The number of hydrogen-bond donors (Lipinski definition) is 1. The highest BCUT2D eigenvalue weighted by molar-refractivity contribution is 5.50. The molecule has 0 saturated carbocycles. The summed E-state index contributed by atoms with van der Waals surface area (Å²) in [5.74, 6) is 0. The van der Waals surface area contributed by atoms with Crippen molar-refractivity contribution in [3.63, 3.8) is 0 Å². The van der Waals surface area contributed by atoms with Gasteiger partial charge < -0.3 is 10.2 Å². The topological polar surface area (TPSA) is 18.5 Å². The SMILES string of the molecule is CCc1ccc(N2CC(N3CCCNCC3)C2)cc1. The van der Waals surface area contributed by atoms with Crippen LogP contribution in [-0.2, 0) is 6.42 Å². The van der Waals surface area contributed by atoms with Gasteiger partial charge in [-0.25, -0.2) is 0 Å². The van der Waals surface area contributed by atoms with Gasteiger partial charge in [-0.3, -0.25) is 4.90 Å². The highest BCUT2D eigenvalue weighted by Crippen LogP contribution is 2.24. The molecule has 1 aromatic rings. The van der Waals surface area contributed by atoms with Crippen LogP contribution in [0.5, 0.6) is 0 Å². The van der Waals surface area contributed by atoms with E-state index in [4.69, 9.17) is 0 Å². The molecule has 2 aliphatic heterocycles. The molecule has 104 valence electrons. The van der Waals surface area contributed by atoms with Gasteiger partial charge in [0.1, 0.15) is 0 Å². The van der Waals surface area contributed by atoms with Crippen molar-refractivity contribution in [3.8, 4) is 0 Å². The number of hydrogen-bond acceptors (Lipinski definition) is 3. The lowest BCUT2D eigenvalue weighted by Gasteiger charge is -2.46. The monoisotopic (exact) mass is 259 g/mol. The molecule has 1 N–H and O–H groups in total. The minimum Gasteiger partial charge on any atom is -0.368 e. The lowest BCUT2D eigenvalue weighted by molar-refractivity contribution is 0.177. The molecule has 3 rings (SSSR count). The summed E-state index contributed by atoms with van der Waals surface area (Å²) in [5.41, 5.74) is 2.82. The first-order valence-electron chi connectivity index (χ1n) is 7.65. The number of anilines is 1. The average Bonchev–Trinajstić information content (AvgIpc) is 2.67. The maximum absolute atomic E-state index is 3.48. The molecular formula is C16H25N3. The normalized spacial score (nSPS) is 22.1. The molecular weight excluding hydrogens is 234 g/mol. The fourth-order valence-corrected chi connectivity index (χ4v) is 3.07. The van der Waals surface area contributed by atoms with E-state index < -0.39 is 0 Å². The second kappa shape index (κ2) is 5.93. The molecule has 2 fully saturated rings. The van der Waals surface area contributed by atoms with Crippen LogP contribution in [0.3, 0.4) is 0 Å². The second-order valence-corrected chi connectivity index (χ2v) is 5.72. The maximum Gasteiger partial charge on any atom is 0.0447 e. The van der Waals surface area contributed by atoms with Gasteiger partial charge in [0.2, 0.25) is 0 Å². The average molecular weight is 259 g/mol. The van der Waals surface area contributed by atoms with Gasteiger partial charge in [0, 0.05) is 37.9 Å². The highest BCUT2D eigenvalue weighted by Gasteiger charge is 2.31. The van der Waals surface area contributed by atoms with Crippen LogP contribution in [0, 0.1) is 0 Å². The van der Waals surface area contributed by atoms with Crippen LogP contribution < -0.4 is 10.2 Å². The fraction of sp³-hybridized carbons (Fsp3) is 0.625. The number of nitrogens with one attached hydrogen (secondary N) is 1. The molecule has 0 radical (unpaired) electrons. The van der Waals surface area contributed by atoms with Crippen molar-refractivity contribution >= 4 is 5.69 Å². The van der Waals surface area contributed by atoms with E-state index in [1.54, 1.807) is 0 Å². The number of benzene rings is 1. The third-order valence-corrected chi connectivity index (χ3v) is 4.46. The first-order chi connectivity index (χ1) is 9.36. The van der Waals surface area contributed by atoms with E-state index >= 15 is 0 Å². The molecule has 0 amide bonds. The summed E-state index contributed by atoms with van der Waals surface area (Å²) in [6, 6.07) is 9.85. The van der Waals surface area contributed by atoms with Crippen LogP contribution >= 0.6 is 0 Å². The summed E-state index contributed by atoms with van der Waals surface area (Å²) < 4.78 is 0. The Balaban J connectivity index is 1.53. The van der Waals surface area contributed by atoms with E-state index in [0.717, 1.165) is 19.0 Å². The molecule has 0 bridgehead atoms. The predicted molar refractivity (Wildman–Crippen MR) is 80.9 cm³/mol. The Morgan fingerprint density at radius 2 is 1.89 bits per heavy atom. The molecule has 3 heteroatoms. The lowest BCUT2D eigenvalue weighted by atomic mass is 10.0. The van der Waals surface area contributed by atoms with Crippen LogP contribution in [0.15, 0.2) is 24.3 Å². The van der Waals surface area contributed by atoms with E-state index in [0.29, 0.717) is 0 Å². The largest absolute Gasteiger partial charge is 0.368 e. The van der Waals surface area contributed by atoms with Crippen molar-refractivity contribution < 1.29 is 0 Å². The van der Waals surface area contributed by atoms with Gasteiger partial charge in [-0.05, 0) is 43.6 Å². The van der Waals surface area contributed by atoms with Gasteiger partial charge in [-0.15, -0.1) is 0 Å². The Morgan fingerprint density at radius 1 is 1.11 bits per heavy atom. The van der Waals surface area contributed by atoms with E-state index in [1.165, 1.54) is 50.4 Å². The smallest absolute Gasteiger partial charge is 0.0447 e. The first-order valence-corrected chi connectivity index (χ1v) is 7.65. The van der Waals surface area contributed by atoms with Crippen molar-refractivity contribution in [1.82, 2.24) is 10.2 Å². The summed E-state index contributed by atoms with van der Waals surface area (Å²) in [7, 11) is 0. The van der Waals surface area contributed by atoms with E-state index in [-0.39, 0.29) is 0 Å². The number of nitrogens with zero attached hydrogens (tertiary/aromatic N) is 2. The Hall–Kier alpha value is -1.06. The van der Waals surface area contributed by atoms with Gasteiger partial charge in [0.25, 0.3) is 0 Å². The van der Waals surface area contributed by atoms with Crippen molar-refractivity contribution in [1.29, 1.82) is 0 Å².